The predicted molar refractivity (Wildman–Crippen MR) is 144 cm³/mol. The molecule has 1 aliphatic heterocycles. The molecule has 6 nitrogen and oxygen atoms in total. The number of ether oxygens (including phenoxy) is 3. The molecule has 6 heteroatoms. The maximum Gasteiger partial charge on any atom is 0.310 e. The summed E-state index contributed by atoms with van der Waals surface area (Å²) in [4.78, 5) is 18.8. The van der Waals surface area contributed by atoms with Gasteiger partial charge >= 0.3 is 5.97 Å². The summed E-state index contributed by atoms with van der Waals surface area (Å²) in [5.74, 6) is 0.822. The first-order valence-electron chi connectivity index (χ1n) is 12.5. The van der Waals surface area contributed by atoms with Gasteiger partial charge in [0.05, 0.1) is 13.0 Å². The van der Waals surface area contributed by atoms with Gasteiger partial charge in [-0.15, -0.1) is 0 Å². The van der Waals surface area contributed by atoms with E-state index in [9.17, 15) is 4.79 Å². The van der Waals surface area contributed by atoms with Crippen molar-refractivity contribution in [3.63, 3.8) is 0 Å². The standard InChI is InChI=1S/C31H30N2O4/c1-35-31(34)26-18-19-33(20-26)27-14-12-25(13-15-27)28-16-17-29(36-21-23-8-4-2-5-9-23)32-30(28)37-22-24-10-6-3-7-11-24/h2-17,26H,18-22H2,1H3. The van der Waals surface area contributed by atoms with Crippen molar-refractivity contribution in [1.82, 2.24) is 4.98 Å². The lowest BCUT2D eigenvalue weighted by Gasteiger charge is -2.19. The van der Waals surface area contributed by atoms with E-state index in [0.29, 0.717) is 31.5 Å². The number of hydrogen-bond acceptors (Lipinski definition) is 6. The van der Waals surface area contributed by atoms with Crippen molar-refractivity contribution in [2.45, 2.75) is 19.6 Å². The molecule has 0 bridgehead atoms. The second kappa shape index (κ2) is 11.6. The Kier molecular flexibility index (Phi) is 7.65. The summed E-state index contributed by atoms with van der Waals surface area (Å²) in [6.07, 6.45) is 0.806. The highest BCUT2D eigenvalue weighted by Gasteiger charge is 2.29. The molecule has 1 unspecified atom stereocenters. The van der Waals surface area contributed by atoms with Gasteiger partial charge in [0.1, 0.15) is 13.2 Å². The number of aromatic nitrogens is 1. The van der Waals surface area contributed by atoms with Gasteiger partial charge in [-0.2, -0.15) is 4.98 Å². The van der Waals surface area contributed by atoms with E-state index < -0.39 is 0 Å². The molecule has 0 spiro atoms. The van der Waals surface area contributed by atoms with Crippen molar-refractivity contribution in [2.75, 3.05) is 25.1 Å². The van der Waals surface area contributed by atoms with E-state index in [2.05, 4.69) is 29.2 Å². The minimum absolute atomic E-state index is 0.0738. The molecule has 37 heavy (non-hydrogen) atoms. The summed E-state index contributed by atoms with van der Waals surface area (Å²) < 4.78 is 17.1. The van der Waals surface area contributed by atoms with Crippen LogP contribution < -0.4 is 14.4 Å². The van der Waals surface area contributed by atoms with Gasteiger partial charge in [0.15, 0.2) is 0 Å². The number of rotatable bonds is 9. The van der Waals surface area contributed by atoms with Gasteiger partial charge in [0.2, 0.25) is 11.8 Å². The fraction of sp³-hybridized carbons (Fsp3) is 0.226. The molecule has 1 saturated heterocycles. The molecule has 1 atom stereocenters. The Balaban J connectivity index is 1.35. The predicted octanol–water partition coefficient (Wildman–Crippen LogP) is 5.91. The van der Waals surface area contributed by atoms with E-state index >= 15 is 0 Å². The van der Waals surface area contributed by atoms with Crippen molar-refractivity contribution < 1.29 is 19.0 Å². The molecule has 1 aliphatic rings. The number of benzene rings is 3. The lowest BCUT2D eigenvalue weighted by molar-refractivity contribution is -0.144. The highest BCUT2D eigenvalue weighted by atomic mass is 16.5. The van der Waals surface area contributed by atoms with Gasteiger partial charge in [-0.05, 0) is 41.3 Å². The van der Waals surface area contributed by atoms with Gasteiger partial charge in [-0.3, -0.25) is 4.79 Å². The Morgan fingerprint density at radius 2 is 1.49 bits per heavy atom. The summed E-state index contributed by atoms with van der Waals surface area (Å²) in [5, 5.41) is 0. The summed E-state index contributed by atoms with van der Waals surface area (Å²) in [6.45, 7) is 2.35. The van der Waals surface area contributed by atoms with Crippen LogP contribution in [0.1, 0.15) is 17.5 Å². The van der Waals surface area contributed by atoms with Crippen LogP contribution in [0.4, 0.5) is 5.69 Å². The van der Waals surface area contributed by atoms with E-state index in [1.165, 1.54) is 7.11 Å². The van der Waals surface area contributed by atoms with Crippen molar-refractivity contribution in [3.8, 4) is 22.9 Å². The van der Waals surface area contributed by atoms with Crippen LogP contribution in [-0.4, -0.2) is 31.2 Å². The molecule has 5 rings (SSSR count). The number of carbonyl (C=O) groups is 1. The molecular formula is C31H30N2O4. The van der Waals surface area contributed by atoms with E-state index in [1.54, 1.807) is 0 Å². The Morgan fingerprint density at radius 3 is 2.14 bits per heavy atom. The minimum Gasteiger partial charge on any atom is -0.473 e. The van der Waals surface area contributed by atoms with Gasteiger partial charge in [-0.25, -0.2) is 0 Å². The summed E-state index contributed by atoms with van der Waals surface area (Å²) >= 11 is 0. The molecule has 3 aromatic carbocycles. The van der Waals surface area contributed by atoms with Gasteiger partial charge < -0.3 is 19.1 Å². The fourth-order valence-corrected chi connectivity index (χ4v) is 4.50. The maximum absolute atomic E-state index is 11.9. The van der Waals surface area contributed by atoms with Gasteiger partial charge in [0.25, 0.3) is 0 Å². The van der Waals surface area contributed by atoms with Crippen molar-refractivity contribution >= 4 is 11.7 Å². The monoisotopic (exact) mass is 494 g/mol. The van der Waals surface area contributed by atoms with Crippen molar-refractivity contribution in [1.29, 1.82) is 0 Å². The molecule has 0 saturated carbocycles. The van der Waals surface area contributed by atoms with Crippen LogP contribution in [-0.2, 0) is 22.7 Å². The molecule has 0 radical (unpaired) electrons. The third-order valence-corrected chi connectivity index (χ3v) is 6.55. The smallest absolute Gasteiger partial charge is 0.310 e. The number of pyridine rings is 1. The molecule has 4 aromatic rings. The van der Waals surface area contributed by atoms with E-state index in [0.717, 1.165) is 40.9 Å². The molecule has 1 aromatic heterocycles. The third-order valence-electron chi connectivity index (χ3n) is 6.55. The molecular weight excluding hydrogens is 464 g/mol. The second-order valence-electron chi connectivity index (χ2n) is 9.05. The largest absolute Gasteiger partial charge is 0.473 e. The Labute approximate surface area is 217 Å². The number of hydrogen-bond donors (Lipinski definition) is 0. The first kappa shape index (κ1) is 24.4. The number of anilines is 1. The SMILES string of the molecule is COC(=O)C1CCN(c2ccc(-c3ccc(OCc4ccccc4)nc3OCc3ccccc3)cc2)C1. The van der Waals surface area contributed by atoms with Crippen LogP contribution in [0.5, 0.6) is 11.8 Å². The zero-order valence-electron chi connectivity index (χ0n) is 20.9. The Morgan fingerprint density at radius 1 is 0.838 bits per heavy atom. The quantitative estimate of drug-likeness (QED) is 0.270. The van der Waals surface area contributed by atoms with Crippen molar-refractivity contribution in [3.05, 3.63) is 108 Å². The number of esters is 1. The number of carbonyl (C=O) groups excluding carboxylic acids is 1. The van der Waals surface area contributed by atoms with Crippen molar-refractivity contribution in [2.24, 2.45) is 5.92 Å². The van der Waals surface area contributed by atoms with Crippen LogP contribution in [0.25, 0.3) is 11.1 Å². The summed E-state index contributed by atoms with van der Waals surface area (Å²) in [6, 6.07) is 32.2. The number of nitrogens with zero attached hydrogens (tertiary/aromatic N) is 2. The van der Waals surface area contributed by atoms with Crippen LogP contribution >= 0.6 is 0 Å². The first-order chi connectivity index (χ1) is 18.2. The molecule has 0 aliphatic carbocycles. The number of methoxy groups -OCH3 is 1. The molecule has 2 heterocycles. The van der Waals surface area contributed by atoms with E-state index in [1.807, 2.05) is 72.8 Å². The maximum atomic E-state index is 11.9. The van der Waals surface area contributed by atoms with E-state index in [-0.39, 0.29) is 11.9 Å². The summed E-state index contributed by atoms with van der Waals surface area (Å²) in [5.41, 5.74) is 5.11. The highest BCUT2D eigenvalue weighted by molar-refractivity contribution is 5.75. The normalized spacial score (nSPS) is 14.8. The van der Waals surface area contributed by atoms with E-state index in [4.69, 9.17) is 19.2 Å². The van der Waals surface area contributed by atoms with Gasteiger partial charge in [-0.1, -0.05) is 72.8 Å². The molecule has 0 N–H and O–H groups in total. The zero-order chi connectivity index (χ0) is 25.5. The topological polar surface area (TPSA) is 60.9 Å². The molecule has 188 valence electrons. The average molecular weight is 495 g/mol. The average Bonchev–Trinajstić information content (AvgIpc) is 3.46. The highest BCUT2D eigenvalue weighted by Crippen LogP contribution is 2.33. The molecule has 0 amide bonds. The third kappa shape index (κ3) is 6.09. The van der Waals surface area contributed by atoms with Crippen LogP contribution in [0, 0.1) is 5.92 Å². The summed E-state index contributed by atoms with van der Waals surface area (Å²) in [7, 11) is 1.45. The second-order valence-corrected chi connectivity index (χ2v) is 9.05. The lowest BCUT2D eigenvalue weighted by Crippen LogP contribution is -2.23. The molecule has 1 fully saturated rings. The van der Waals surface area contributed by atoms with Gasteiger partial charge in [0, 0.05) is 30.4 Å². The lowest BCUT2D eigenvalue weighted by atomic mass is 10.1. The fourth-order valence-electron chi connectivity index (χ4n) is 4.50. The Bertz CT molecular complexity index is 1310. The zero-order valence-corrected chi connectivity index (χ0v) is 20.9. The first-order valence-corrected chi connectivity index (χ1v) is 12.5. The van der Waals surface area contributed by atoms with Crippen LogP contribution in [0.3, 0.4) is 0 Å². The van der Waals surface area contributed by atoms with Crippen LogP contribution in [0.15, 0.2) is 97.1 Å². The minimum atomic E-state index is -0.139. The van der Waals surface area contributed by atoms with Crippen LogP contribution in [0.2, 0.25) is 0 Å². The Hall–Kier alpha value is -4.32.